The first-order valence-corrected chi connectivity index (χ1v) is 7.04. The normalized spacial score (nSPS) is 10.6. The molecular weight excluding hydrogens is 224 g/mol. The molecule has 0 saturated carbocycles. The van der Waals surface area contributed by atoms with Gasteiger partial charge in [-0.1, -0.05) is 51.7 Å². The number of rotatable bonds is 8. The van der Waals surface area contributed by atoms with Crippen molar-refractivity contribution < 1.29 is 9.90 Å². The maximum absolute atomic E-state index is 11.3. The first kappa shape index (κ1) is 14.7. The molecular formula is C16H24O2. The van der Waals surface area contributed by atoms with Crippen molar-refractivity contribution in [3.8, 4) is 0 Å². The highest BCUT2D eigenvalue weighted by molar-refractivity contribution is 5.89. The van der Waals surface area contributed by atoms with Crippen LogP contribution >= 0.6 is 0 Å². The monoisotopic (exact) mass is 248 g/mol. The Balaban J connectivity index is 2.85. The topological polar surface area (TPSA) is 37.3 Å². The summed E-state index contributed by atoms with van der Waals surface area (Å²) in [7, 11) is 0. The van der Waals surface area contributed by atoms with E-state index in [0.29, 0.717) is 5.56 Å². The number of carboxylic acids is 1. The molecule has 100 valence electrons. The van der Waals surface area contributed by atoms with Crippen LogP contribution in [0.4, 0.5) is 0 Å². The van der Waals surface area contributed by atoms with Crippen LogP contribution in [0.5, 0.6) is 0 Å². The summed E-state index contributed by atoms with van der Waals surface area (Å²) in [6.07, 6.45) is 7.67. The zero-order valence-corrected chi connectivity index (χ0v) is 11.5. The van der Waals surface area contributed by atoms with Gasteiger partial charge in [0.25, 0.3) is 0 Å². The number of aromatic carboxylic acids is 1. The zero-order valence-electron chi connectivity index (χ0n) is 11.5. The Morgan fingerprint density at radius 3 is 2.44 bits per heavy atom. The molecule has 0 aliphatic rings. The Labute approximate surface area is 110 Å². The molecule has 0 fully saturated rings. The fourth-order valence-electron chi connectivity index (χ4n) is 2.36. The van der Waals surface area contributed by atoms with Crippen molar-refractivity contribution in [2.75, 3.05) is 0 Å². The molecule has 1 rings (SSSR count). The Morgan fingerprint density at radius 2 is 1.83 bits per heavy atom. The van der Waals surface area contributed by atoms with Crippen LogP contribution in [-0.2, 0) is 12.8 Å². The number of hydrogen-bond acceptors (Lipinski definition) is 1. The van der Waals surface area contributed by atoms with Gasteiger partial charge >= 0.3 is 5.97 Å². The largest absolute Gasteiger partial charge is 0.478 e. The van der Waals surface area contributed by atoms with Crippen molar-refractivity contribution in [2.24, 2.45) is 0 Å². The predicted octanol–water partition coefficient (Wildman–Crippen LogP) is 4.46. The first-order chi connectivity index (χ1) is 8.70. The number of aryl methyl sites for hydroxylation is 1. The molecule has 0 aromatic heterocycles. The summed E-state index contributed by atoms with van der Waals surface area (Å²) in [5, 5.41) is 9.26. The molecule has 1 aromatic carbocycles. The third-order valence-corrected chi connectivity index (χ3v) is 3.30. The molecule has 0 saturated heterocycles. The van der Waals surface area contributed by atoms with Gasteiger partial charge in [0.2, 0.25) is 0 Å². The first-order valence-electron chi connectivity index (χ1n) is 7.04. The molecule has 18 heavy (non-hydrogen) atoms. The van der Waals surface area contributed by atoms with Crippen LogP contribution in [-0.4, -0.2) is 11.1 Å². The van der Waals surface area contributed by atoms with E-state index < -0.39 is 5.97 Å². The van der Waals surface area contributed by atoms with Gasteiger partial charge in [0.15, 0.2) is 0 Å². The van der Waals surface area contributed by atoms with Crippen LogP contribution in [0.25, 0.3) is 0 Å². The predicted molar refractivity (Wildman–Crippen MR) is 75.2 cm³/mol. The van der Waals surface area contributed by atoms with E-state index in [1.807, 2.05) is 6.07 Å². The van der Waals surface area contributed by atoms with Gasteiger partial charge in [-0.3, -0.25) is 0 Å². The molecule has 0 atom stereocenters. The van der Waals surface area contributed by atoms with Crippen LogP contribution in [0.1, 0.15) is 67.4 Å². The summed E-state index contributed by atoms with van der Waals surface area (Å²) in [5.41, 5.74) is 2.77. The molecule has 1 aromatic rings. The van der Waals surface area contributed by atoms with E-state index in [-0.39, 0.29) is 0 Å². The Bertz CT molecular complexity index is 383. The second-order valence-electron chi connectivity index (χ2n) is 4.81. The molecule has 0 unspecified atom stereocenters. The van der Waals surface area contributed by atoms with Crippen molar-refractivity contribution >= 4 is 5.97 Å². The summed E-state index contributed by atoms with van der Waals surface area (Å²) < 4.78 is 0. The van der Waals surface area contributed by atoms with E-state index in [1.54, 1.807) is 6.07 Å². The summed E-state index contributed by atoms with van der Waals surface area (Å²) in [6.45, 7) is 4.32. The summed E-state index contributed by atoms with van der Waals surface area (Å²) >= 11 is 0. The smallest absolute Gasteiger partial charge is 0.335 e. The lowest BCUT2D eigenvalue weighted by Gasteiger charge is -2.12. The lowest BCUT2D eigenvalue weighted by atomic mass is 9.93. The van der Waals surface area contributed by atoms with E-state index in [9.17, 15) is 9.90 Å². The SMILES string of the molecule is CCCCCCc1c(CCC)cccc1C(=O)O. The molecule has 0 radical (unpaired) electrons. The van der Waals surface area contributed by atoms with Crippen LogP contribution < -0.4 is 0 Å². The van der Waals surface area contributed by atoms with Gasteiger partial charge in [-0.25, -0.2) is 4.79 Å². The molecule has 0 aliphatic carbocycles. The lowest BCUT2D eigenvalue weighted by Crippen LogP contribution is -2.06. The maximum atomic E-state index is 11.3. The van der Waals surface area contributed by atoms with Gasteiger partial charge in [0.05, 0.1) is 5.56 Å². The maximum Gasteiger partial charge on any atom is 0.335 e. The van der Waals surface area contributed by atoms with Gasteiger partial charge in [-0.2, -0.15) is 0 Å². The molecule has 1 N–H and O–H groups in total. The second-order valence-corrected chi connectivity index (χ2v) is 4.81. The van der Waals surface area contributed by atoms with E-state index >= 15 is 0 Å². The number of benzene rings is 1. The van der Waals surface area contributed by atoms with Crippen molar-refractivity contribution in [3.63, 3.8) is 0 Å². The summed E-state index contributed by atoms with van der Waals surface area (Å²) in [6, 6.07) is 5.67. The highest BCUT2D eigenvalue weighted by Crippen LogP contribution is 2.20. The third kappa shape index (κ3) is 4.17. The number of carbonyl (C=O) groups is 1. The number of carboxylic acid groups (broad SMARTS) is 1. The van der Waals surface area contributed by atoms with Crippen molar-refractivity contribution in [2.45, 2.75) is 58.8 Å². The minimum atomic E-state index is -0.793. The van der Waals surface area contributed by atoms with Gasteiger partial charge in [0, 0.05) is 0 Å². The average molecular weight is 248 g/mol. The molecule has 2 nitrogen and oxygen atoms in total. The molecule has 0 heterocycles. The van der Waals surface area contributed by atoms with Crippen molar-refractivity contribution in [3.05, 3.63) is 34.9 Å². The molecule has 0 amide bonds. The van der Waals surface area contributed by atoms with Crippen molar-refractivity contribution in [1.29, 1.82) is 0 Å². The fraction of sp³-hybridized carbons (Fsp3) is 0.562. The minimum Gasteiger partial charge on any atom is -0.478 e. The zero-order chi connectivity index (χ0) is 13.4. The van der Waals surface area contributed by atoms with E-state index in [0.717, 1.165) is 31.2 Å². The minimum absolute atomic E-state index is 0.498. The fourth-order valence-corrected chi connectivity index (χ4v) is 2.36. The van der Waals surface area contributed by atoms with E-state index in [4.69, 9.17) is 0 Å². The second kappa shape index (κ2) is 7.91. The van der Waals surface area contributed by atoms with Crippen LogP contribution in [0, 0.1) is 0 Å². The molecule has 0 bridgehead atoms. The Hall–Kier alpha value is -1.31. The van der Waals surface area contributed by atoms with Crippen LogP contribution in [0.3, 0.4) is 0 Å². The summed E-state index contributed by atoms with van der Waals surface area (Å²) in [5.74, 6) is -0.793. The van der Waals surface area contributed by atoms with Crippen LogP contribution in [0.2, 0.25) is 0 Å². The van der Waals surface area contributed by atoms with Crippen molar-refractivity contribution in [1.82, 2.24) is 0 Å². The average Bonchev–Trinajstić information content (AvgIpc) is 2.36. The highest BCUT2D eigenvalue weighted by Gasteiger charge is 2.12. The number of hydrogen-bond donors (Lipinski definition) is 1. The van der Waals surface area contributed by atoms with Gasteiger partial charge in [0.1, 0.15) is 0 Å². The van der Waals surface area contributed by atoms with Gasteiger partial charge < -0.3 is 5.11 Å². The van der Waals surface area contributed by atoms with Gasteiger partial charge in [-0.05, 0) is 36.5 Å². The number of unbranched alkanes of at least 4 members (excludes halogenated alkanes) is 3. The van der Waals surface area contributed by atoms with Gasteiger partial charge in [-0.15, -0.1) is 0 Å². The molecule has 0 aliphatic heterocycles. The third-order valence-electron chi connectivity index (χ3n) is 3.30. The quantitative estimate of drug-likeness (QED) is 0.690. The Morgan fingerprint density at radius 1 is 1.06 bits per heavy atom. The van der Waals surface area contributed by atoms with Crippen LogP contribution in [0.15, 0.2) is 18.2 Å². The Kier molecular flexibility index (Phi) is 6.48. The summed E-state index contributed by atoms with van der Waals surface area (Å²) in [4.78, 5) is 11.3. The van der Waals surface area contributed by atoms with E-state index in [1.165, 1.54) is 24.8 Å². The molecule has 2 heteroatoms. The highest BCUT2D eigenvalue weighted by atomic mass is 16.4. The standard InChI is InChI=1S/C16H24O2/c1-3-5-6-7-11-14-13(9-4-2)10-8-12-15(14)16(17)18/h8,10,12H,3-7,9,11H2,1-2H3,(H,17,18). The lowest BCUT2D eigenvalue weighted by molar-refractivity contribution is 0.0695. The molecule has 0 spiro atoms. The van der Waals surface area contributed by atoms with E-state index in [2.05, 4.69) is 19.9 Å².